The van der Waals surface area contributed by atoms with Crippen molar-refractivity contribution in [3.8, 4) is 0 Å². The maximum atomic E-state index is 5.81. The zero-order chi connectivity index (χ0) is 12.6. The SMILES string of the molecule is Cc1cnc(N)n1Cc1csc(C(C)(C)C)n1. The molecule has 0 amide bonds. The van der Waals surface area contributed by atoms with E-state index >= 15 is 0 Å². The van der Waals surface area contributed by atoms with E-state index in [0.717, 1.165) is 16.4 Å². The minimum Gasteiger partial charge on any atom is -0.369 e. The second-order valence-corrected chi connectivity index (χ2v) is 6.10. The van der Waals surface area contributed by atoms with Gasteiger partial charge in [-0.3, -0.25) is 0 Å². The number of hydrogen-bond acceptors (Lipinski definition) is 4. The molecule has 4 nitrogen and oxygen atoms in total. The molecule has 2 aromatic rings. The highest BCUT2D eigenvalue weighted by Gasteiger charge is 2.18. The summed E-state index contributed by atoms with van der Waals surface area (Å²) in [6.07, 6.45) is 1.78. The fourth-order valence-electron chi connectivity index (χ4n) is 1.57. The second kappa shape index (κ2) is 4.14. The molecular weight excluding hydrogens is 232 g/mol. The Labute approximate surface area is 106 Å². The molecule has 0 atom stereocenters. The smallest absolute Gasteiger partial charge is 0.200 e. The van der Waals surface area contributed by atoms with Crippen LogP contribution in [0.5, 0.6) is 0 Å². The summed E-state index contributed by atoms with van der Waals surface area (Å²) in [6.45, 7) is 9.22. The van der Waals surface area contributed by atoms with Crippen molar-refractivity contribution in [2.75, 3.05) is 5.73 Å². The number of aromatic nitrogens is 3. The number of aryl methyl sites for hydroxylation is 1. The lowest BCUT2D eigenvalue weighted by Crippen LogP contribution is -2.11. The van der Waals surface area contributed by atoms with Gasteiger partial charge in [0.15, 0.2) is 0 Å². The molecule has 0 aliphatic heterocycles. The molecule has 2 N–H and O–H groups in total. The Kier molecular flexibility index (Phi) is 2.95. The number of anilines is 1. The molecule has 0 spiro atoms. The second-order valence-electron chi connectivity index (χ2n) is 5.24. The normalized spacial score (nSPS) is 12.0. The Morgan fingerprint density at radius 1 is 1.41 bits per heavy atom. The van der Waals surface area contributed by atoms with Gasteiger partial charge >= 0.3 is 0 Å². The molecule has 5 heteroatoms. The van der Waals surface area contributed by atoms with E-state index in [9.17, 15) is 0 Å². The van der Waals surface area contributed by atoms with Gasteiger partial charge in [0.25, 0.3) is 0 Å². The van der Waals surface area contributed by atoms with Gasteiger partial charge in [-0.05, 0) is 6.92 Å². The van der Waals surface area contributed by atoms with Gasteiger partial charge in [-0.25, -0.2) is 9.97 Å². The molecule has 0 unspecified atom stereocenters. The van der Waals surface area contributed by atoms with Crippen molar-refractivity contribution in [3.63, 3.8) is 0 Å². The van der Waals surface area contributed by atoms with E-state index in [4.69, 9.17) is 5.73 Å². The van der Waals surface area contributed by atoms with Crippen LogP contribution >= 0.6 is 11.3 Å². The summed E-state index contributed by atoms with van der Waals surface area (Å²) in [5, 5.41) is 3.25. The maximum absolute atomic E-state index is 5.81. The van der Waals surface area contributed by atoms with Crippen LogP contribution in [0.4, 0.5) is 5.95 Å². The standard InChI is InChI=1S/C12H18N4S/c1-8-5-14-11(13)16(8)6-9-7-17-10(15-9)12(2,3)4/h5,7H,6H2,1-4H3,(H2,13,14). The summed E-state index contributed by atoms with van der Waals surface area (Å²) in [5.74, 6) is 0.549. The van der Waals surface area contributed by atoms with Crippen LogP contribution in [0.1, 0.15) is 37.2 Å². The zero-order valence-electron chi connectivity index (χ0n) is 10.7. The lowest BCUT2D eigenvalue weighted by Gasteiger charge is -2.13. The predicted molar refractivity (Wildman–Crippen MR) is 71.3 cm³/mol. The average molecular weight is 250 g/mol. The highest BCUT2D eigenvalue weighted by Crippen LogP contribution is 2.26. The Morgan fingerprint density at radius 2 is 2.12 bits per heavy atom. The van der Waals surface area contributed by atoms with Crippen LogP contribution in [-0.4, -0.2) is 14.5 Å². The fourth-order valence-corrected chi connectivity index (χ4v) is 2.47. The molecule has 0 fully saturated rings. The van der Waals surface area contributed by atoms with Crippen molar-refractivity contribution >= 4 is 17.3 Å². The topological polar surface area (TPSA) is 56.7 Å². The summed E-state index contributed by atoms with van der Waals surface area (Å²) in [4.78, 5) is 8.74. The van der Waals surface area contributed by atoms with Gasteiger partial charge in [0.1, 0.15) is 0 Å². The molecule has 0 bridgehead atoms. The third kappa shape index (κ3) is 2.49. The Bertz CT molecular complexity index is 499. The molecule has 0 saturated heterocycles. The number of imidazole rings is 1. The third-order valence-electron chi connectivity index (χ3n) is 2.60. The molecule has 17 heavy (non-hydrogen) atoms. The summed E-state index contributed by atoms with van der Waals surface area (Å²) in [5.41, 5.74) is 8.03. The van der Waals surface area contributed by atoms with Gasteiger partial charge in [0, 0.05) is 16.5 Å². The number of nitrogens with zero attached hydrogens (tertiary/aromatic N) is 3. The van der Waals surface area contributed by atoms with E-state index < -0.39 is 0 Å². The predicted octanol–water partition coefficient (Wildman–Crippen LogP) is 2.58. The number of nitrogens with two attached hydrogens (primary N) is 1. The number of nitrogen functional groups attached to an aromatic ring is 1. The molecule has 0 aromatic carbocycles. The molecule has 2 heterocycles. The zero-order valence-corrected chi connectivity index (χ0v) is 11.5. The minimum atomic E-state index is 0.110. The van der Waals surface area contributed by atoms with E-state index in [0.29, 0.717) is 12.5 Å². The summed E-state index contributed by atoms with van der Waals surface area (Å²) in [7, 11) is 0. The van der Waals surface area contributed by atoms with E-state index in [2.05, 4.69) is 36.1 Å². The van der Waals surface area contributed by atoms with Gasteiger partial charge in [0.2, 0.25) is 5.95 Å². The molecule has 2 aromatic heterocycles. The van der Waals surface area contributed by atoms with E-state index in [-0.39, 0.29) is 5.41 Å². The maximum Gasteiger partial charge on any atom is 0.200 e. The van der Waals surface area contributed by atoms with Crippen LogP contribution in [0.15, 0.2) is 11.6 Å². The highest BCUT2D eigenvalue weighted by atomic mass is 32.1. The number of thiazole rings is 1. The number of hydrogen-bond donors (Lipinski definition) is 1. The van der Waals surface area contributed by atoms with Gasteiger partial charge < -0.3 is 10.3 Å². The molecule has 0 aliphatic rings. The first kappa shape index (κ1) is 12.1. The summed E-state index contributed by atoms with van der Waals surface area (Å²) >= 11 is 1.70. The van der Waals surface area contributed by atoms with Crippen LogP contribution in [0.2, 0.25) is 0 Å². The van der Waals surface area contributed by atoms with Crippen LogP contribution in [0, 0.1) is 6.92 Å². The van der Waals surface area contributed by atoms with Crippen LogP contribution in [-0.2, 0) is 12.0 Å². The van der Waals surface area contributed by atoms with Gasteiger partial charge in [0.05, 0.1) is 23.4 Å². The van der Waals surface area contributed by atoms with Crippen molar-refractivity contribution in [1.82, 2.24) is 14.5 Å². The van der Waals surface area contributed by atoms with Crippen molar-refractivity contribution in [2.24, 2.45) is 0 Å². The fraction of sp³-hybridized carbons (Fsp3) is 0.500. The Hall–Kier alpha value is -1.36. The lowest BCUT2D eigenvalue weighted by atomic mass is 9.98. The first-order chi connectivity index (χ1) is 7.88. The van der Waals surface area contributed by atoms with Gasteiger partial charge in [-0.15, -0.1) is 11.3 Å². The molecule has 0 aliphatic carbocycles. The van der Waals surface area contributed by atoms with E-state index in [1.807, 2.05) is 11.5 Å². The molecule has 0 radical (unpaired) electrons. The van der Waals surface area contributed by atoms with Crippen molar-refractivity contribution in [3.05, 3.63) is 28.0 Å². The summed E-state index contributed by atoms with van der Waals surface area (Å²) < 4.78 is 1.97. The van der Waals surface area contributed by atoms with Crippen molar-refractivity contribution < 1.29 is 0 Å². The molecule has 92 valence electrons. The monoisotopic (exact) mass is 250 g/mol. The van der Waals surface area contributed by atoms with E-state index in [1.165, 1.54) is 0 Å². The summed E-state index contributed by atoms with van der Waals surface area (Å²) in [6, 6.07) is 0. The van der Waals surface area contributed by atoms with Crippen LogP contribution < -0.4 is 5.73 Å². The third-order valence-corrected chi connectivity index (χ3v) is 3.92. The van der Waals surface area contributed by atoms with Gasteiger partial charge in [-0.1, -0.05) is 20.8 Å². The largest absolute Gasteiger partial charge is 0.369 e. The average Bonchev–Trinajstić information content (AvgIpc) is 2.79. The molecular formula is C12H18N4S. The number of rotatable bonds is 2. The Morgan fingerprint density at radius 3 is 2.59 bits per heavy atom. The highest BCUT2D eigenvalue weighted by molar-refractivity contribution is 7.09. The van der Waals surface area contributed by atoms with Gasteiger partial charge in [-0.2, -0.15) is 0 Å². The van der Waals surface area contributed by atoms with Crippen LogP contribution in [0.25, 0.3) is 0 Å². The first-order valence-electron chi connectivity index (χ1n) is 5.60. The van der Waals surface area contributed by atoms with Crippen LogP contribution in [0.3, 0.4) is 0 Å². The first-order valence-corrected chi connectivity index (χ1v) is 6.48. The van der Waals surface area contributed by atoms with Crippen molar-refractivity contribution in [1.29, 1.82) is 0 Å². The molecule has 0 saturated carbocycles. The molecule has 2 rings (SSSR count). The van der Waals surface area contributed by atoms with E-state index in [1.54, 1.807) is 17.5 Å². The quantitative estimate of drug-likeness (QED) is 0.891. The minimum absolute atomic E-state index is 0.110. The lowest BCUT2D eigenvalue weighted by molar-refractivity contribution is 0.581. The Balaban J connectivity index is 2.23. The van der Waals surface area contributed by atoms with Crippen molar-refractivity contribution in [2.45, 2.75) is 39.7 Å².